The highest BCUT2D eigenvalue weighted by Crippen LogP contribution is 2.27. The lowest BCUT2D eigenvalue weighted by Crippen LogP contribution is -2.41. The van der Waals surface area contributed by atoms with Crippen molar-refractivity contribution in [2.75, 3.05) is 19.5 Å². The van der Waals surface area contributed by atoms with Gasteiger partial charge in [0, 0.05) is 11.3 Å². The van der Waals surface area contributed by atoms with Gasteiger partial charge in [-0.25, -0.2) is 0 Å². The largest absolute Gasteiger partial charge is 0.493 e. The van der Waals surface area contributed by atoms with Crippen LogP contribution in [0.3, 0.4) is 0 Å². The van der Waals surface area contributed by atoms with Gasteiger partial charge in [0.05, 0.1) is 25.5 Å². The minimum atomic E-state index is -2.91. The third-order valence-electron chi connectivity index (χ3n) is 4.47. The summed E-state index contributed by atoms with van der Waals surface area (Å²) in [6.45, 7) is -2.91. The third kappa shape index (κ3) is 6.10. The Hall–Kier alpha value is -4.34. The van der Waals surface area contributed by atoms with E-state index in [-0.39, 0.29) is 16.9 Å². The molecule has 8 nitrogen and oxygen atoms in total. The van der Waals surface area contributed by atoms with E-state index in [9.17, 15) is 18.4 Å². The number of anilines is 2. The zero-order valence-corrected chi connectivity index (χ0v) is 17.7. The van der Waals surface area contributed by atoms with Gasteiger partial charge in [-0.1, -0.05) is 12.1 Å². The first-order valence-corrected chi connectivity index (χ1v) is 9.65. The van der Waals surface area contributed by atoms with Gasteiger partial charge in [-0.05, 0) is 54.6 Å². The van der Waals surface area contributed by atoms with Crippen LogP contribution in [0.25, 0.3) is 0 Å². The van der Waals surface area contributed by atoms with Gasteiger partial charge in [0.25, 0.3) is 11.8 Å². The molecule has 0 unspecified atom stereocenters. The fraction of sp³-hybridized carbons (Fsp3) is 0.130. The van der Waals surface area contributed by atoms with Crippen LogP contribution in [-0.4, -0.2) is 32.6 Å². The molecule has 0 aliphatic rings. The van der Waals surface area contributed by atoms with Crippen LogP contribution in [0.5, 0.6) is 17.2 Å². The highest BCUT2D eigenvalue weighted by Gasteiger charge is 2.15. The summed E-state index contributed by atoms with van der Waals surface area (Å²) >= 11 is 0. The molecule has 0 heterocycles. The predicted molar refractivity (Wildman–Crippen MR) is 117 cm³/mol. The lowest BCUT2D eigenvalue weighted by atomic mass is 10.1. The Labute approximate surface area is 188 Å². The van der Waals surface area contributed by atoms with Crippen molar-refractivity contribution in [3.63, 3.8) is 0 Å². The number of hydrazine groups is 1. The number of amides is 2. The van der Waals surface area contributed by atoms with Gasteiger partial charge in [-0.15, -0.1) is 0 Å². The van der Waals surface area contributed by atoms with Crippen LogP contribution in [0.4, 0.5) is 20.2 Å². The van der Waals surface area contributed by atoms with Gasteiger partial charge in [-0.3, -0.25) is 20.4 Å². The van der Waals surface area contributed by atoms with Crippen LogP contribution >= 0.6 is 0 Å². The number of ether oxygens (including phenoxy) is 3. The van der Waals surface area contributed by atoms with Crippen LogP contribution in [-0.2, 0) is 0 Å². The van der Waals surface area contributed by atoms with Gasteiger partial charge >= 0.3 is 6.61 Å². The van der Waals surface area contributed by atoms with E-state index in [0.29, 0.717) is 22.9 Å². The molecule has 0 saturated heterocycles. The molecule has 3 aromatic rings. The number of alkyl halides is 2. The summed E-state index contributed by atoms with van der Waals surface area (Å²) in [4.78, 5) is 25.1. The van der Waals surface area contributed by atoms with Crippen molar-refractivity contribution >= 4 is 23.2 Å². The molecule has 0 atom stereocenters. The highest BCUT2D eigenvalue weighted by molar-refractivity contribution is 6.02. The second-order valence-electron chi connectivity index (χ2n) is 6.55. The quantitative estimate of drug-likeness (QED) is 0.440. The van der Waals surface area contributed by atoms with E-state index in [1.54, 1.807) is 30.3 Å². The summed E-state index contributed by atoms with van der Waals surface area (Å²) in [5, 5.41) is 3.03. The Morgan fingerprint density at radius 1 is 0.818 bits per heavy atom. The molecule has 0 aromatic heterocycles. The second-order valence-corrected chi connectivity index (χ2v) is 6.55. The molecule has 2 amide bonds. The minimum Gasteiger partial charge on any atom is -0.493 e. The number of nitrogens with one attached hydrogen (secondary N) is 3. The first-order chi connectivity index (χ1) is 15.9. The van der Waals surface area contributed by atoms with E-state index >= 15 is 0 Å². The van der Waals surface area contributed by atoms with Gasteiger partial charge in [0.1, 0.15) is 5.75 Å². The van der Waals surface area contributed by atoms with Gasteiger partial charge in [0.2, 0.25) is 0 Å². The molecule has 10 heteroatoms. The molecule has 0 bridgehead atoms. The van der Waals surface area contributed by atoms with E-state index in [4.69, 9.17) is 9.47 Å². The third-order valence-corrected chi connectivity index (χ3v) is 4.47. The van der Waals surface area contributed by atoms with Crippen molar-refractivity contribution in [2.45, 2.75) is 6.61 Å². The van der Waals surface area contributed by atoms with E-state index in [2.05, 4.69) is 20.9 Å². The number of benzene rings is 3. The first-order valence-electron chi connectivity index (χ1n) is 9.65. The summed E-state index contributed by atoms with van der Waals surface area (Å²) in [6, 6.07) is 17.0. The van der Waals surface area contributed by atoms with Crippen LogP contribution in [0.15, 0.2) is 66.7 Å². The number of hydrogen-bond acceptors (Lipinski definition) is 6. The number of carbonyl (C=O) groups is 2. The molecule has 0 radical (unpaired) electrons. The predicted octanol–water partition coefficient (Wildman–Crippen LogP) is 4.12. The Morgan fingerprint density at radius 2 is 1.48 bits per heavy atom. The van der Waals surface area contributed by atoms with Crippen molar-refractivity contribution in [3.8, 4) is 17.2 Å². The molecule has 3 aromatic carbocycles. The van der Waals surface area contributed by atoms with Crippen LogP contribution < -0.4 is 30.4 Å². The monoisotopic (exact) mass is 457 g/mol. The Balaban J connectivity index is 1.67. The molecule has 3 N–H and O–H groups in total. The smallest absolute Gasteiger partial charge is 0.387 e. The topological polar surface area (TPSA) is 97.9 Å². The Bertz CT molecular complexity index is 1120. The Kier molecular flexibility index (Phi) is 7.64. The zero-order chi connectivity index (χ0) is 23.8. The number of hydrogen-bond donors (Lipinski definition) is 3. The molecule has 0 spiro atoms. The van der Waals surface area contributed by atoms with E-state index in [1.807, 2.05) is 0 Å². The number of methoxy groups -OCH3 is 2. The first kappa shape index (κ1) is 23.3. The van der Waals surface area contributed by atoms with Crippen LogP contribution in [0.1, 0.15) is 20.7 Å². The number of carbonyl (C=O) groups excluding carboxylic acids is 2. The molecule has 0 aliphatic carbocycles. The number of halogens is 2. The number of para-hydroxylation sites is 1. The standard InChI is InChI=1S/C23H21F2N3O5/c1-31-19-12-7-14(13-20(19)32-2)21(29)27-28-22(30)17-5-3-4-6-18(17)26-15-8-10-16(11-9-15)33-23(24)25/h3-13,23,26H,1-2H3,(H,27,29)(H,28,30). The van der Waals surface area contributed by atoms with Crippen molar-refractivity contribution in [3.05, 3.63) is 77.9 Å². The second kappa shape index (κ2) is 10.8. The Morgan fingerprint density at radius 3 is 2.15 bits per heavy atom. The van der Waals surface area contributed by atoms with Crippen molar-refractivity contribution in [1.82, 2.24) is 10.9 Å². The summed E-state index contributed by atoms with van der Waals surface area (Å²) < 4.78 is 39.2. The molecule has 0 aliphatic heterocycles. The summed E-state index contributed by atoms with van der Waals surface area (Å²) in [6.07, 6.45) is 0. The van der Waals surface area contributed by atoms with Gasteiger partial charge < -0.3 is 19.5 Å². The zero-order valence-electron chi connectivity index (χ0n) is 17.7. The van der Waals surface area contributed by atoms with Crippen molar-refractivity contribution < 1.29 is 32.6 Å². The van der Waals surface area contributed by atoms with Crippen molar-refractivity contribution in [2.24, 2.45) is 0 Å². The van der Waals surface area contributed by atoms with E-state index in [1.165, 1.54) is 50.6 Å². The SMILES string of the molecule is COc1ccc(C(=O)NNC(=O)c2ccccc2Nc2ccc(OC(F)F)cc2)cc1OC. The van der Waals surface area contributed by atoms with E-state index < -0.39 is 18.4 Å². The highest BCUT2D eigenvalue weighted by atomic mass is 19.3. The molecule has 172 valence electrons. The molecular weight excluding hydrogens is 436 g/mol. The molecule has 33 heavy (non-hydrogen) atoms. The van der Waals surface area contributed by atoms with Crippen LogP contribution in [0, 0.1) is 0 Å². The summed E-state index contributed by atoms with van der Waals surface area (Å²) in [7, 11) is 2.93. The normalized spacial score (nSPS) is 10.3. The molecule has 0 fully saturated rings. The summed E-state index contributed by atoms with van der Waals surface area (Å²) in [5.74, 6) is -0.267. The van der Waals surface area contributed by atoms with Crippen LogP contribution in [0.2, 0.25) is 0 Å². The molecule has 0 saturated carbocycles. The maximum Gasteiger partial charge on any atom is 0.387 e. The lowest BCUT2D eigenvalue weighted by molar-refractivity contribution is -0.0498. The van der Waals surface area contributed by atoms with Gasteiger partial charge in [-0.2, -0.15) is 8.78 Å². The fourth-order valence-corrected chi connectivity index (χ4v) is 2.90. The number of rotatable bonds is 8. The average molecular weight is 457 g/mol. The molecular formula is C23H21F2N3O5. The maximum atomic E-state index is 12.7. The fourth-order valence-electron chi connectivity index (χ4n) is 2.90. The minimum absolute atomic E-state index is 0.0134. The van der Waals surface area contributed by atoms with Crippen molar-refractivity contribution in [1.29, 1.82) is 0 Å². The van der Waals surface area contributed by atoms with Gasteiger partial charge in [0.15, 0.2) is 11.5 Å². The lowest BCUT2D eigenvalue weighted by Gasteiger charge is -2.14. The summed E-state index contributed by atoms with van der Waals surface area (Å²) in [5.41, 5.74) is 6.21. The maximum absolute atomic E-state index is 12.7. The molecule has 3 rings (SSSR count). The van der Waals surface area contributed by atoms with E-state index in [0.717, 1.165) is 0 Å². The average Bonchev–Trinajstić information content (AvgIpc) is 2.83.